The van der Waals surface area contributed by atoms with Gasteiger partial charge in [-0.2, -0.15) is 0 Å². The zero-order valence-corrected chi connectivity index (χ0v) is 21.4. The van der Waals surface area contributed by atoms with E-state index < -0.39 is 0 Å². The first-order chi connectivity index (χ1) is 14.7. The van der Waals surface area contributed by atoms with Crippen LogP contribution in [-0.2, 0) is 6.42 Å². The number of aromatic nitrogens is 1. The molecule has 2 fully saturated rings. The summed E-state index contributed by atoms with van der Waals surface area (Å²) in [6.45, 7) is 12.6. The van der Waals surface area contributed by atoms with Crippen LogP contribution in [0.4, 0.5) is 5.13 Å². The summed E-state index contributed by atoms with van der Waals surface area (Å²) < 4.78 is 0. The number of nitrogens with zero attached hydrogens (tertiary/aromatic N) is 1. The van der Waals surface area contributed by atoms with Crippen LogP contribution < -0.4 is 5.73 Å². The molecule has 2 unspecified atom stereocenters. The first-order valence-corrected chi connectivity index (χ1v) is 14.0. The van der Waals surface area contributed by atoms with Crippen LogP contribution in [0.3, 0.4) is 0 Å². The van der Waals surface area contributed by atoms with Crippen LogP contribution in [0.5, 0.6) is 0 Å². The van der Waals surface area contributed by atoms with Crippen molar-refractivity contribution in [2.24, 2.45) is 46.3 Å². The molecule has 172 valence electrons. The molecule has 5 rings (SSSR count). The molecule has 1 heterocycles. The van der Waals surface area contributed by atoms with Gasteiger partial charge in [0.1, 0.15) is 0 Å². The molecule has 0 radical (unpaired) electrons. The summed E-state index contributed by atoms with van der Waals surface area (Å²) in [4.78, 5) is 6.09. The highest BCUT2D eigenvalue weighted by Crippen LogP contribution is 2.68. The predicted molar refractivity (Wildman–Crippen MR) is 134 cm³/mol. The number of hydrogen-bond donors (Lipinski definition) is 1. The van der Waals surface area contributed by atoms with E-state index in [2.05, 4.69) is 45.7 Å². The Morgan fingerprint density at radius 3 is 2.68 bits per heavy atom. The second-order valence-electron chi connectivity index (χ2n) is 12.5. The standard InChI is InChI=1S/C28H44N2S/c1-17(2)7-6-8-18(3)20-11-12-21-19-9-10-23-25-24(30-26(29)31-25)14-16-28(23,5)22(19)13-15-27(20,21)4/h10,17-22H,6-9,11-16H2,1-5H3,(H2,29,30)/t18?,19-,20?,21-,22-,27+,28+/m0/s1. The van der Waals surface area contributed by atoms with Gasteiger partial charge in [-0.25, -0.2) is 4.98 Å². The van der Waals surface area contributed by atoms with Crippen molar-refractivity contribution in [1.29, 1.82) is 0 Å². The van der Waals surface area contributed by atoms with Crippen molar-refractivity contribution in [2.45, 2.75) is 98.8 Å². The van der Waals surface area contributed by atoms with Crippen molar-refractivity contribution in [3.63, 3.8) is 0 Å². The van der Waals surface area contributed by atoms with Crippen LogP contribution in [0.2, 0.25) is 0 Å². The molecular formula is C28H44N2S. The van der Waals surface area contributed by atoms with Crippen molar-refractivity contribution >= 4 is 22.0 Å². The lowest BCUT2D eigenvalue weighted by atomic mass is 9.47. The summed E-state index contributed by atoms with van der Waals surface area (Å²) in [5.74, 6) is 5.38. The van der Waals surface area contributed by atoms with Crippen LogP contribution in [0.1, 0.15) is 103 Å². The van der Waals surface area contributed by atoms with Crippen molar-refractivity contribution in [3.05, 3.63) is 16.6 Å². The van der Waals surface area contributed by atoms with Crippen LogP contribution in [0.15, 0.2) is 6.08 Å². The minimum absolute atomic E-state index is 0.344. The Bertz CT molecular complexity index is 853. The molecule has 0 aliphatic heterocycles. The third-order valence-electron chi connectivity index (χ3n) is 10.5. The highest BCUT2D eigenvalue weighted by molar-refractivity contribution is 7.16. The second-order valence-corrected chi connectivity index (χ2v) is 13.5. The topological polar surface area (TPSA) is 38.9 Å². The fourth-order valence-corrected chi connectivity index (χ4v) is 9.98. The minimum Gasteiger partial charge on any atom is -0.375 e. The lowest BCUT2D eigenvalue weighted by Gasteiger charge is -2.57. The first-order valence-electron chi connectivity index (χ1n) is 13.2. The molecule has 2 saturated carbocycles. The summed E-state index contributed by atoms with van der Waals surface area (Å²) in [6.07, 6.45) is 16.4. The number of hydrogen-bond acceptors (Lipinski definition) is 3. The highest BCUT2D eigenvalue weighted by Gasteiger charge is 2.59. The van der Waals surface area contributed by atoms with Crippen LogP contribution in [0.25, 0.3) is 5.57 Å². The van der Waals surface area contributed by atoms with E-state index in [9.17, 15) is 0 Å². The molecule has 31 heavy (non-hydrogen) atoms. The van der Waals surface area contributed by atoms with E-state index in [4.69, 9.17) is 5.73 Å². The third-order valence-corrected chi connectivity index (χ3v) is 11.5. The van der Waals surface area contributed by atoms with Gasteiger partial charge in [0.25, 0.3) is 0 Å². The van der Waals surface area contributed by atoms with Gasteiger partial charge in [-0.3, -0.25) is 0 Å². The van der Waals surface area contributed by atoms with Gasteiger partial charge in [-0.05, 0) is 96.9 Å². The molecule has 1 aromatic rings. The number of thiazole rings is 1. The quantitative estimate of drug-likeness (QED) is 0.504. The Morgan fingerprint density at radius 2 is 1.90 bits per heavy atom. The SMILES string of the molecule is CC(C)CCCC(C)C1CC[C@H]2[C@@H]3CC=C4c5sc(N)nc5CC[C@]4(C)[C@H]3CC[C@]12C. The maximum absolute atomic E-state index is 6.12. The largest absolute Gasteiger partial charge is 0.375 e. The van der Waals surface area contributed by atoms with Gasteiger partial charge in [-0.15, -0.1) is 0 Å². The first kappa shape index (κ1) is 22.0. The zero-order valence-electron chi connectivity index (χ0n) is 20.5. The van der Waals surface area contributed by atoms with E-state index in [1.807, 2.05) is 0 Å². The summed E-state index contributed by atoms with van der Waals surface area (Å²) in [5.41, 5.74) is 9.93. The molecule has 0 saturated heterocycles. The fraction of sp³-hybridized carbons (Fsp3) is 0.821. The van der Waals surface area contributed by atoms with Gasteiger partial charge >= 0.3 is 0 Å². The zero-order chi connectivity index (χ0) is 22.0. The van der Waals surface area contributed by atoms with Crippen molar-refractivity contribution in [2.75, 3.05) is 5.73 Å². The Morgan fingerprint density at radius 1 is 1.10 bits per heavy atom. The molecule has 7 atom stereocenters. The molecule has 0 aromatic carbocycles. The van der Waals surface area contributed by atoms with E-state index in [1.165, 1.54) is 68.4 Å². The molecule has 1 aromatic heterocycles. The average Bonchev–Trinajstić information content (AvgIpc) is 3.26. The lowest BCUT2D eigenvalue weighted by molar-refractivity contribution is -0.0392. The lowest BCUT2D eigenvalue weighted by Crippen LogP contribution is -2.49. The van der Waals surface area contributed by atoms with E-state index in [-0.39, 0.29) is 0 Å². The summed E-state index contributed by atoms with van der Waals surface area (Å²) >= 11 is 1.74. The summed E-state index contributed by atoms with van der Waals surface area (Å²) in [7, 11) is 0. The maximum Gasteiger partial charge on any atom is 0.180 e. The molecule has 2 nitrogen and oxygen atoms in total. The molecule has 0 amide bonds. The number of aryl methyl sites for hydroxylation is 1. The third kappa shape index (κ3) is 3.44. The van der Waals surface area contributed by atoms with Gasteiger partial charge in [0.2, 0.25) is 0 Å². The minimum atomic E-state index is 0.344. The Hall–Kier alpha value is -0.830. The van der Waals surface area contributed by atoms with Crippen LogP contribution >= 0.6 is 11.3 Å². The second kappa shape index (κ2) is 7.89. The number of anilines is 1. The average molecular weight is 441 g/mol. The maximum atomic E-state index is 6.12. The van der Waals surface area contributed by atoms with Crippen molar-refractivity contribution in [1.82, 2.24) is 4.98 Å². The number of nitrogen functional groups attached to an aromatic ring is 1. The number of rotatable bonds is 5. The molecule has 3 heteroatoms. The van der Waals surface area contributed by atoms with Crippen molar-refractivity contribution in [3.8, 4) is 0 Å². The number of fused-ring (bicyclic) bond motifs is 7. The summed E-state index contributed by atoms with van der Waals surface area (Å²) in [5, 5.41) is 0.763. The normalized spacial score (nSPS) is 40.0. The molecule has 2 N–H and O–H groups in total. The van der Waals surface area contributed by atoms with E-state index in [1.54, 1.807) is 16.9 Å². The smallest absolute Gasteiger partial charge is 0.180 e. The number of nitrogens with two attached hydrogens (primary N) is 1. The molecule has 4 aliphatic carbocycles. The molecule has 0 spiro atoms. The predicted octanol–water partition coefficient (Wildman–Crippen LogP) is 7.99. The molecule has 0 bridgehead atoms. The fourth-order valence-electron chi connectivity index (χ4n) is 8.92. The van der Waals surface area contributed by atoms with Gasteiger partial charge in [-0.1, -0.05) is 71.3 Å². The Kier molecular flexibility index (Phi) is 5.59. The molecular weight excluding hydrogens is 396 g/mol. The Balaban J connectivity index is 1.37. The van der Waals surface area contributed by atoms with Gasteiger partial charge < -0.3 is 5.73 Å². The van der Waals surface area contributed by atoms with Gasteiger partial charge in [0.15, 0.2) is 5.13 Å². The van der Waals surface area contributed by atoms with Gasteiger partial charge in [0.05, 0.1) is 10.6 Å². The number of allylic oxidation sites excluding steroid dienone is 2. The molecule has 4 aliphatic rings. The van der Waals surface area contributed by atoms with Crippen molar-refractivity contribution < 1.29 is 0 Å². The van der Waals surface area contributed by atoms with Crippen LogP contribution in [0, 0.1) is 46.3 Å². The monoisotopic (exact) mass is 440 g/mol. The highest BCUT2D eigenvalue weighted by atomic mass is 32.1. The van der Waals surface area contributed by atoms with Gasteiger partial charge in [0, 0.05) is 0 Å². The van der Waals surface area contributed by atoms with Crippen LogP contribution in [-0.4, -0.2) is 4.98 Å². The Labute approximate surface area is 194 Å². The summed E-state index contributed by atoms with van der Waals surface area (Å²) in [6, 6.07) is 0. The van der Waals surface area contributed by atoms with E-state index in [0.29, 0.717) is 10.8 Å². The van der Waals surface area contributed by atoms with E-state index >= 15 is 0 Å². The van der Waals surface area contributed by atoms with E-state index in [0.717, 1.165) is 47.1 Å².